The van der Waals surface area contributed by atoms with Crippen LogP contribution in [0.15, 0.2) is 47.5 Å². The van der Waals surface area contributed by atoms with Crippen molar-refractivity contribution in [1.82, 2.24) is 10.6 Å². The number of aliphatic imine (C=N–C) groups is 1. The lowest BCUT2D eigenvalue weighted by atomic mass is 10.1. The molecule has 0 aromatic heterocycles. The Hall–Kier alpha value is -2.36. The van der Waals surface area contributed by atoms with E-state index in [-0.39, 0.29) is 48.3 Å². The van der Waals surface area contributed by atoms with Crippen LogP contribution >= 0.6 is 24.0 Å². The number of nitrogens with one attached hydrogen (secondary N) is 2. The molecule has 0 radical (unpaired) electrons. The molecule has 2 N–H and O–H groups in total. The number of anilines is 1. The average molecular weight is 526 g/mol. The highest BCUT2D eigenvalue weighted by atomic mass is 127. The number of hydrogen-bond donors (Lipinski definition) is 2. The minimum absolute atomic E-state index is 0. The summed E-state index contributed by atoms with van der Waals surface area (Å²) in [5.74, 6) is 1.11. The van der Waals surface area contributed by atoms with Crippen LogP contribution in [0, 0.1) is 12.7 Å². The van der Waals surface area contributed by atoms with Gasteiger partial charge in [-0.3, -0.25) is 9.79 Å². The summed E-state index contributed by atoms with van der Waals surface area (Å²) in [6, 6.07) is 12.7. The Kier molecular flexibility index (Phi) is 8.88. The molecule has 1 heterocycles. The Bertz CT molecular complexity index is 906. The molecule has 30 heavy (non-hydrogen) atoms. The maximum Gasteiger partial charge on any atom is 0.265 e. The van der Waals surface area contributed by atoms with Crippen LogP contribution in [-0.4, -0.2) is 38.6 Å². The predicted molar refractivity (Wildman–Crippen MR) is 128 cm³/mol. The van der Waals surface area contributed by atoms with E-state index in [2.05, 4.69) is 15.6 Å². The standard InChI is InChI=1S/C22H27FN4O2.HI/c1-15-9-10-17(13-18(15)23)16(2)26-22(24-3)25-11-6-12-27-19-7-4-5-8-20(19)29-14-21(27)28;/h4-5,7-10,13,16H,6,11-12,14H2,1-3H3,(H2,24,25,26);1H. The third kappa shape index (κ3) is 5.84. The van der Waals surface area contributed by atoms with Gasteiger partial charge < -0.3 is 20.3 Å². The Morgan fingerprint density at radius 2 is 2.07 bits per heavy atom. The lowest BCUT2D eigenvalue weighted by Gasteiger charge is -2.29. The van der Waals surface area contributed by atoms with Crippen molar-refractivity contribution in [3.63, 3.8) is 0 Å². The number of fused-ring (bicyclic) bond motifs is 1. The normalized spacial score (nSPS) is 14.3. The van der Waals surface area contributed by atoms with Crippen LogP contribution in [-0.2, 0) is 4.79 Å². The number of benzene rings is 2. The summed E-state index contributed by atoms with van der Waals surface area (Å²) in [7, 11) is 1.69. The fourth-order valence-electron chi connectivity index (χ4n) is 3.20. The first-order chi connectivity index (χ1) is 14.0. The Labute approximate surface area is 193 Å². The lowest BCUT2D eigenvalue weighted by molar-refractivity contribution is -0.121. The number of aryl methyl sites for hydroxylation is 1. The molecule has 1 amide bonds. The van der Waals surface area contributed by atoms with Crippen LogP contribution in [0.3, 0.4) is 0 Å². The first-order valence-corrected chi connectivity index (χ1v) is 9.75. The van der Waals surface area contributed by atoms with E-state index in [0.29, 0.717) is 24.6 Å². The largest absolute Gasteiger partial charge is 0.482 e. The molecule has 0 bridgehead atoms. The fourth-order valence-corrected chi connectivity index (χ4v) is 3.20. The van der Waals surface area contributed by atoms with Gasteiger partial charge in [-0.05, 0) is 49.6 Å². The molecule has 1 aliphatic heterocycles. The van der Waals surface area contributed by atoms with Crippen molar-refractivity contribution in [3.05, 3.63) is 59.4 Å². The Balaban J connectivity index is 0.00000320. The second-order valence-corrected chi connectivity index (χ2v) is 7.03. The highest BCUT2D eigenvalue weighted by Crippen LogP contribution is 2.31. The zero-order valence-corrected chi connectivity index (χ0v) is 19.8. The summed E-state index contributed by atoms with van der Waals surface area (Å²) in [6.07, 6.45) is 0.744. The number of rotatable bonds is 6. The van der Waals surface area contributed by atoms with Crippen molar-refractivity contribution in [3.8, 4) is 5.75 Å². The van der Waals surface area contributed by atoms with Gasteiger partial charge in [0.2, 0.25) is 0 Å². The molecule has 8 heteroatoms. The van der Waals surface area contributed by atoms with Crippen LogP contribution in [0.5, 0.6) is 5.75 Å². The van der Waals surface area contributed by atoms with Gasteiger partial charge in [0.1, 0.15) is 11.6 Å². The first kappa shape index (κ1) is 23.9. The van der Waals surface area contributed by atoms with E-state index in [4.69, 9.17) is 4.74 Å². The lowest BCUT2D eigenvalue weighted by Crippen LogP contribution is -2.42. The molecule has 0 saturated heterocycles. The predicted octanol–water partition coefficient (Wildman–Crippen LogP) is 3.79. The van der Waals surface area contributed by atoms with Crippen molar-refractivity contribution in [2.24, 2.45) is 4.99 Å². The van der Waals surface area contributed by atoms with Gasteiger partial charge in [0.15, 0.2) is 12.6 Å². The number of carbonyl (C=O) groups excluding carboxylic acids is 1. The van der Waals surface area contributed by atoms with E-state index >= 15 is 0 Å². The highest BCUT2D eigenvalue weighted by molar-refractivity contribution is 14.0. The van der Waals surface area contributed by atoms with Gasteiger partial charge >= 0.3 is 0 Å². The molecule has 6 nitrogen and oxygen atoms in total. The van der Waals surface area contributed by atoms with Crippen LogP contribution < -0.4 is 20.3 Å². The van der Waals surface area contributed by atoms with E-state index in [1.54, 1.807) is 31.0 Å². The smallest absolute Gasteiger partial charge is 0.265 e. The molecule has 2 aromatic rings. The maximum absolute atomic E-state index is 13.8. The SMILES string of the molecule is CN=C(NCCCN1C(=O)COc2ccccc21)NC(C)c1ccc(C)c(F)c1.I. The van der Waals surface area contributed by atoms with Crippen LogP contribution in [0.2, 0.25) is 0 Å². The summed E-state index contributed by atoms with van der Waals surface area (Å²) < 4.78 is 19.3. The van der Waals surface area contributed by atoms with Crippen molar-refractivity contribution >= 4 is 41.5 Å². The van der Waals surface area contributed by atoms with Gasteiger partial charge in [0.05, 0.1) is 11.7 Å². The minimum atomic E-state index is -0.213. The van der Waals surface area contributed by atoms with Crippen LogP contribution in [0.4, 0.5) is 10.1 Å². The topological polar surface area (TPSA) is 66.0 Å². The monoisotopic (exact) mass is 526 g/mol. The maximum atomic E-state index is 13.8. The molecule has 2 aromatic carbocycles. The van der Waals surface area contributed by atoms with Crippen molar-refractivity contribution in [2.45, 2.75) is 26.3 Å². The number of carbonyl (C=O) groups is 1. The molecule has 1 unspecified atom stereocenters. The first-order valence-electron chi connectivity index (χ1n) is 9.75. The molecule has 1 aliphatic rings. The molecule has 3 rings (SSSR count). The second-order valence-electron chi connectivity index (χ2n) is 7.03. The van der Waals surface area contributed by atoms with Gasteiger partial charge in [0, 0.05) is 20.1 Å². The quantitative estimate of drug-likeness (QED) is 0.260. The molecular weight excluding hydrogens is 498 g/mol. The van der Waals surface area contributed by atoms with Crippen molar-refractivity contribution in [1.29, 1.82) is 0 Å². The number of nitrogens with zero attached hydrogens (tertiary/aromatic N) is 2. The van der Waals surface area contributed by atoms with E-state index in [0.717, 1.165) is 23.4 Å². The molecule has 1 atom stereocenters. The number of guanidine groups is 1. The fraction of sp³-hybridized carbons (Fsp3) is 0.364. The second kappa shape index (κ2) is 11.1. The third-order valence-corrected chi connectivity index (χ3v) is 4.93. The van der Waals surface area contributed by atoms with Gasteiger partial charge in [0.25, 0.3) is 5.91 Å². The number of para-hydroxylation sites is 2. The number of amides is 1. The molecule has 0 saturated carbocycles. The Morgan fingerprint density at radius 1 is 1.30 bits per heavy atom. The third-order valence-electron chi connectivity index (χ3n) is 4.93. The Morgan fingerprint density at radius 3 is 2.80 bits per heavy atom. The van der Waals surface area contributed by atoms with Crippen LogP contribution in [0.1, 0.15) is 30.5 Å². The minimum Gasteiger partial charge on any atom is -0.482 e. The van der Waals surface area contributed by atoms with Crippen molar-refractivity contribution < 1.29 is 13.9 Å². The van der Waals surface area contributed by atoms with Gasteiger partial charge in [-0.1, -0.05) is 24.3 Å². The van der Waals surface area contributed by atoms with Crippen molar-refractivity contribution in [2.75, 3.05) is 31.6 Å². The molecular formula is C22H28FIN4O2. The number of halogens is 2. The van der Waals surface area contributed by atoms with E-state index in [1.807, 2.05) is 37.3 Å². The summed E-state index contributed by atoms with van der Waals surface area (Å²) in [4.78, 5) is 18.2. The average Bonchev–Trinajstić information content (AvgIpc) is 2.73. The van der Waals surface area contributed by atoms with E-state index in [9.17, 15) is 9.18 Å². The number of ether oxygens (including phenoxy) is 1. The molecule has 0 fully saturated rings. The van der Waals surface area contributed by atoms with Gasteiger partial charge in [-0.25, -0.2) is 4.39 Å². The van der Waals surface area contributed by atoms with Gasteiger partial charge in [-0.15, -0.1) is 24.0 Å². The summed E-state index contributed by atoms with van der Waals surface area (Å²) in [5.41, 5.74) is 2.29. The summed E-state index contributed by atoms with van der Waals surface area (Å²) >= 11 is 0. The highest BCUT2D eigenvalue weighted by Gasteiger charge is 2.24. The number of hydrogen-bond acceptors (Lipinski definition) is 3. The molecule has 0 spiro atoms. The summed E-state index contributed by atoms with van der Waals surface area (Å²) in [5, 5.41) is 6.51. The molecule has 0 aliphatic carbocycles. The summed E-state index contributed by atoms with van der Waals surface area (Å²) in [6.45, 7) is 5.00. The van der Waals surface area contributed by atoms with E-state index in [1.165, 1.54) is 0 Å². The van der Waals surface area contributed by atoms with E-state index < -0.39 is 0 Å². The van der Waals surface area contributed by atoms with Crippen LogP contribution in [0.25, 0.3) is 0 Å². The zero-order valence-electron chi connectivity index (χ0n) is 17.4. The molecule has 162 valence electrons. The van der Waals surface area contributed by atoms with Gasteiger partial charge in [-0.2, -0.15) is 0 Å². The zero-order chi connectivity index (χ0) is 20.8.